The minimum absolute atomic E-state index is 0. The van der Waals surface area contributed by atoms with Gasteiger partial charge in [-0.2, -0.15) is 5.10 Å². The summed E-state index contributed by atoms with van der Waals surface area (Å²) < 4.78 is 38.5. The van der Waals surface area contributed by atoms with Gasteiger partial charge in [-0.05, 0) is 6.07 Å². The molecule has 8 heteroatoms. The quantitative estimate of drug-likeness (QED) is 0.597. The van der Waals surface area contributed by atoms with Gasteiger partial charge in [0.2, 0.25) is 0 Å². The Labute approximate surface area is 133 Å². The van der Waals surface area contributed by atoms with Gasteiger partial charge in [0.15, 0.2) is 0 Å². The standard InChI is InChI=1S/C8H6BF3N3.K/c10-9(11,12)7-4-8(6-13-5-7)15-3-1-2-14-15;/h1-6H;/q-1;+1. The third-order valence-corrected chi connectivity index (χ3v) is 1.89. The molecule has 2 rings (SSSR count). The van der Waals surface area contributed by atoms with Crippen LogP contribution in [0.5, 0.6) is 0 Å². The van der Waals surface area contributed by atoms with E-state index in [1.165, 1.54) is 17.1 Å². The minimum atomic E-state index is -5.01. The maximum Gasteiger partial charge on any atom is 1.00 e. The van der Waals surface area contributed by atoms with Crippen LogP contribution in [0.25, 0.3) is 5.69 Å². The predicted molar refractivity (Wildman–Crippen MR) is 50.1 cm³/mol. The molecule has 0 aliphatic rings. The van der Waals surface area contributed by atoms with Gasteiger partial charge in [-0.25, -0.2) is 4.68 Å². The molecule has 2 heterocycles. The van der Waals surface area contributed by atoms with Crippen molar-refractivity contribution in [1.82, 2.24) is 14.8 Å². The van der Waals surface area contributed by atoms with E-state index in [4.69, 9.17) is 0 Å². The third-order valence-electron chi connectivity index (χ3n) is 1.89. The van der Waals surface area contributed by atoms with Crippen molar-refractivity contribution in [3.05, 3.63) is 36.9 Å². The van der Waals surface area contributed by atoms with Crippen LogP contribution >= 0.6 is 0 Å². The summed E-state index contributed by atoms with van der Waals surface area (Å²) in [6, 6.07) is 2.66. The average Bonchev–Trinajstić information content (AvgIpc) is 2.69. The Morgan fingerprint density at radius 1 is 1.19 bits per heavy atom. The Bertz CT molecular complexity index is 458. The predicted octanol–water partition coefficient (Wildman–Crippen LogP) is -1.67. The first-order valence-corrected chi connectivity index (χ1v) is 4.22. The van der Waals surface area contributed by atoms with E-state index in [-0.39, 0.29) is 51.4 Å². The molecule has 0 aliphatic carbocycles. The molecule has 0 saturated heterocycles. The van der Waals surface area contributed by atoms with Gasteiger partial charge >= 0.3 is 58.4 Å². The first-order valence-electron chi connectivity index (χ1n) is 4.22. The van der Waals surface area contributed by atoms with Gasteiger partial charge in [-0.3, -0.25) is 4.98 Å². The van der Waals surface area contributed by atoms with Crippen LogP contribution in [0.3, 0.4) is 0 Å². The van der Waals surface area contributed by atoms with Crippen LogP contribution in [0.1, 0.15) is 0 Å². The fraction of sp³-hybridized carbons (Fsp3) is 0. The molecule has 16 heavy (non-hydrogen) atoms. The summed E-state index contributed by atoms with van der Waals surface area (Å²) in [4.78, 5) is 3.54. The van der Waals surface area contributed by atoms with Gasteiger partial charge in [-0.1, -0.05) is 11.5 Å². The van der Waals surface area contributed by atoms with Crippen molar-refractivity contribution in [2.24, 2.45) is 0 Å². The zero-order valence-corrected chi connectivity index (χ0v) is 11.6. The molecule has 0 fully saturated rings. The van der Waals surface area contributed by atoms with Gasteiger partial charge < -0.3 is 12.9 Å². The molecule has 2 aromatic rings. The van der Waals surface area contributed by atoms with Crippen molar-refractivity contribution in [1.29, 1.82) is 0 Å². The van der Waals surface area contributed by atoms with Crippen molar-refractivity contribution in [2.75, 3.05) is 0 Å². The number of hydrogen-bond donors (Lipinski definition) is 0. The monoisotopic (exact) mass is 251 g/mol. The molecular weight excluding hydrogens is 245 g/mol. The Morgan fingerprint density at radius 2 is 1.94 bits per heavy atom. The molecular formula is C8H6BF3KN3. The van der Waals surface area contributed by atoms with Crippen molar-refractivity contribution < 1.29 is 64.3 Å². The summed E-state index contributed by atoms with van der Waals surface area (Å²) in [5.74, 6) is 0. The fourth-order valence-electron chi connectivity index (χ4n) is 1.17. The molecule has 0 unspecified atom stereocenters. The van der Waals surface area contributed by atoms with Gasteiger partial charge in [0.1, 0.15) is 0 Å². The average molecular weight is 251 g/mol. The minimum Gasteiger partial charge on any atom is -0.445 e. The summed E-state index contributed by atoms with van der Waals surface area (Å²) in [6.45, 7) is -5.01. The SMILES string of the molecule is F[B-](F)(F)c1cncc(-n2cccn2)c1.[K+]. The van der Waals surface area contributed by atoms with E-state index in [1.807, 2.05) is 0 Å². The molecule has 0 radical (unpaired) electrons. The van der Waals surface area contributed by atoms with Crippen molar-refractivity contribution in [3.63, 3.8) is 0 Å². The van der Waals surface area contributed by atoms with Gasteiger partial charge in [0.25, 0.3) is 0 Å². The number of pyridine rings is 1. The Balaban J connectivity index is 0.00000128. The number of aromatic nitrogens is 3. The van der Waals surface area contributed by atoms with Crippen LogP contribution < -0.4 is 56.8 Å². The zero-order chi connectivity index (χ0) is 10.9. The van der Waals surface area contributed by atoms with Gasteiger partial charge in [-0.15, -0.1) is 0 Å². The van der Waals surface area contributed by atoms with Crippen molar-refractivity contribution in [3.8, 4) is 5.69 Å². The summed E-state index contributed by atoms with van der Waals surface area (Å²) in [7, 11) is 0. The van der Waals surface area contributed by atoms with E-state index in [0.29, 0.717) is 5.69 Å². The second kappa shape index (κ2) is 5.46. The largest absolute Gasteiger partial charge is 1.00 e. The molecule has 0 aromatic carbocycles. The maximum atomic E-state index is 12.4. The molecule has 0 saturated carbocycles. The number of halogens is 3. The Kier molecular flexibility index (Phi) is 4.75. The summed E-state index contributed by atoms with van der Waals surface area (Å²) in [5.41, 5.74) is -0.417. The van der Waals surface area contributed by atoms with Gasteiger partial charge in [0.05, 0.1) is 11.9 Å². The third kappa shape index (κ3) is 3.17. The normalized spacial score (nSPS) is 10.9. The molecule has 2 aromatic heterocycles. The van der Waals surface area contributed by atoms with E-state index in [0.717, 1.165) is 12.3 Å². The van der Waals surface area contributed by atoms with E-state index in [2.05, 4.69) is 10.1 Å². The summed E-state index contributed by atoms with van der Waals surface area (Å²) in [5, 5.41) is 3.83. The van der Waals surface area contributed by atoms with Crippen LogP contribution in [-0.2, 0) is 0 Å². The Morgan fingerprint density at radius 3 is 2.50 bits per heavy atom. The van der Waals surface area contributed by atoms with Gasteiger partial charge in [0, 0.05) is 18.6 Å². The van der Waals surface area contributed by atoms with E-state index in [1.54, 1.807) is 12.3 Å². The van der Waals surface area contributed by atoms with E-state index < -0.39 is 12.4 Å². The first kappa shape index (κ1) is 13.9. The molecule has 0 aliphatic heterocycles. The maximum absolute atomic E-state index is 12.4. The number of hydrogen-bond acceptors (Lipinski definition) is 2. The summed E-state index contributed by atoms with van der Waals surface area (Å²) >= 11 is 0. The smallest absolute Gasteiger partial charge is 0.445 e. The second-order valence-corrected chi connectivity index (χ2v) is 3.00. The van der Waals surface area contributed by atoms with Crippen LogP contribution in [0.2, 0.25) is 0 Å². The first-order chi connectivity index (χ1) is 7.07. The molecule has 78 valence electrons. The van der Waals surface area contributed by atoms with E-state index >= 15 is 0 Å². The zero-order valence-electron chi connectivity index (χ0n) is 8.52. The van der Waals surface area contributed by atoms with Crippen LogP contribution in [-0.4, -0.2) is 21.7 Å². The molecule has 3 nitrogen and oxygen atoms in total. The van der Waals surface area contributed by atoms with E-state index in [9.17, 15) is 12.9 Å². The molecule has 0 bridgehead atoms. The van der Waals surface area contributed by atoms with Crippen molar-refractivity contribution >= 4 is 12.4 Å². The Hall–Kier alpha value is -0.149. The number of nitrogens with zero attached hydrogens (tertiary/aromatic N) is 3. The van der Waals surface area contributed by atoms with Crippen LogP contribution in [0, 0.1) is 0 Å². The topological polar surface area (TPSA) is 30.7 Å². The summed E-state index contributed by atoms with van der Waals surface area (Å²) in [6.07, 6.45) is 5.20. The van der Waals surface area contributed by atoms with Crippen LogP contribution in [0.15, 0.2) is 36.9 Å². The molecule has 0 spiro atoms. The second-order valence-electron chi connectivity index (χ2n) is 3.00. The molecule has 0 N–H and O–H groups in total. The van der Waals surface area contributed by atoms with Crippen LogP contribution in [0.4, 0.5) is 12.9 Å². The molecule has 0 amide bonds. The number of rotatable bonds is 2. The molecule has 0 atom stereocenters. The fourth-order valence-corrected chi connectivity index (χ4v) is 1.17. The van der Waals surface area contributed by atoms with Crippen molar-refractivity contribution in [2.45, 2.75) is 0 Å².